The predicted octanol–water partition coefficient (Wildman–Crippen LogP) is -1.09. The van der Waals surface area contributed by atoms with Crippen molar-refractivity contribution in [3.8, 4) is 0 Å². The Balaban J connectivity index is 2.56. The first-order valence-electron chi connectivity index (χ1n) is 4.93. The quantitative estimate of drug-likeness (QED) is 0.650. The van der Waals surface area contributed by atoms with Crippen molar-refractivity contribution in [3.63, 3.8) is 0 Å². The minimum atomic E-state index is -3.49. The Hall–Kier alpha value is -0.660. The third-order valence-corrected chi connectivity index (χ3v) is 3.54. The third-order valence-electron chi connectivity index (χ3n) is 2.02. The molecule has 0 radical (unpaired) electrons. The Kier molecular flexibility index (Phi) is 4.06. The molecular weight excluding hydrogens is 218 g/mol. The highest BCUT2D eigenvalue weighted by atomic mass is 32.2. The second kappa shape index (κ2) is 4.91. The van der Waals surface area contributed by atoms with Crippen LogP contribution in [-0.2, 0) is 15.0 Å². The molecule has 0 unspecified atom stereocenters. The molecule has 88 valence electrons. The molecule has 0 aromatic rings. The van der Waals surface area contributed by atoms with Gasteiger partial charge < -0.3 is 5.32 Å². The summed E-state index contributed by atoms with van der Waals surface area (Å²) in [5.74, 6) is -0.00503. The highest BCUT2D eigenvalue weighted by molar-refractivity contribution is 7.87. The van der Waals surface area contributed by atoms with Gasteiger partial charge in [-0.3, -0.25) is 4.79 Å². The molecule has 0 spiro atoms. The van der Waals surface area contributed by atoms with E-state index in [0.29, 0.717) is 19.6 Å². The second-order valence-electron chi connectivity index (χ2n) is 3.93. The summed E-state index contributed by atoms with van der Waals surface area (Å²) in [6.45, 7) is 4.85. The van der Waals surface area contributed by atoms with E-state index in [1.165, 1.54) is 0 Å². The van der Waals surface area contributed by atoms with Gasteiger partial charge in [0.25, 0.3) is 10.2 Å². The van der Waals surface area contributed by atoms with Crippen LogP contribution < -0.4 is 10.0 Å². The van der Waals surface area contributed by atoms with Crippen LogP contribution in [0.1, 0.15) is 13.8 Å². The van der Waals surface area contributed by atoms with Crippen molar-refractivity contribution in [2.45, 2.75) is 13.8 Å². The van der Waals surface area contributed by atoms with E-state index in [1.54, 1.807) is 0 Å². The number of rotatable bonds is 4. The smallest absolute Gasteiger partial charge is 0.279 e. The summed E-state index contributed by atoms with van der Waals surface area (Å²) in [7, 11) is -3.49. The molecule has 7 heteroatoms. The maximum Gasteiger partial charge on any atom is 0.279 e. The third kappa shape index (κ3) is 3.77. The summed E-state index contributed by atoms with van der Waals surface area (Å²) in [5, 5.41) is 2.58. The Morgan fingerprint density at radius 1 is 1.53 bits per heavy atom. The van der Waals surface area contributed by atoms with Crippen LogP contribution in [0, 0.1) is 5.92 Å². The monoisotopic (exact) mass is 235 g/mol. The molecule has 1 heterocycles. The molecule has 0 aliphatic carbocycles. The second-order valence-corrected chi connectivity index (χ2v) is 5.69. The van der Waals surface area contributed by atoms with Crippen LogP contribution in [0.2, 0.25) is 0 Å². The van der Waals surface area contributed by atoms with E-state index in [1.807, 2.05) is 13.8 Å². The Morgan fingerprint density at radius 3 is 2.73 bits per heavy atom. The van der Waals surface area contributed by atoms with E-state index >= 15 is 0 Å². The Labute approximate surface area is 90.2 Å². The van der Waals surface area contributed by atoms with E-state index in [9.17, 15) is 13.2 Å². The molecule has 1 aliphatic rings. The van der Waals surface area contributed by atoms with Gasteiger partial charge in [-0.1, -0.05) is 13.8 Å². The number of nitrogens with zero attached hydrogens (tertiary/aromatic N) is 1. The summed E-state index contributed by atoms with van der Waals surface area (Å²) in [6.07, 6.45) is 0. The van der Waals surface area contributed by atoms with E-state index in [2.05, 4.69) is 10.0 Å². The molecule has 0 atom stereocenters. The lowest BCUT2D eigenvalue weighted by atomic mass is 10.2. The van der Waals surface area contributed by atoms with Crippen LogP contribution in [0.5, 0.6) is 0 Å². The van der Waals surface area contributed by atoms with Crippen LogP contribution in [0.15, 0.2) is 0 Å². The van der Waals surface area contributed by atoms with Gasteiger partial charge in [0, 0.05) is 19.6 Å². The van der Waals surface area contributed by atoms with E-state index in [4.69, 9.17) is 0 Å². The first kappa shape index (κ1) is 12.4. The van der Waals surface area contributed by atoms with Gasteiger partial charge in [0.05, 0.1) is 6.54 Å². The van der Waals surface area contributed by atoms with Crippen molar-refractivity contribution in [1.29, 1.82) is 0 Å². The number of carbonyl (C=O) groups excluding carboxylic acids is 1. The zero-order valence-corrected chi connectivity index (χ0v) is 9.80. The fourth-order valence-electron chi connectivity index (χ4n) is 1.18. The first-order chi connectivity index (χ1) is 6.92. The van der Waals surface area contributed by atoms with E-state index in [-0.39, 0.29) is 18.4 Å². The van der Waals surface area contributed by atoms with E-state index in [0.717, 1.165) is 4.31 Å². The van der Waals surface area contributed by atoms with Gasteiger partial charge in [-0.2, -0.15) is 12.7 Å². The first-order valence-corrected chi connectivity index (χ1v) is 6.37. The van der Waals surface area contributed by atoms with Gasteiger partial charge in [-0.15, -0.1) is 0 Å². The Bertz CT molecular complexity index is 326. The molecule has 1 saturated heterocycles. The molecule has 0 aromatic carbocycles. The number of amides is 1. The lowest BCUT2D eigenvalue weighted by molar-refractivity contribution is -0.122. The molecule has 1 rings (SSSR count). The Morgan fingerprint density at radius 2 is 2.20 bits per heavy atom. The highest BCUT2D eigenvalue weighted by Crippen LogP contribution is 2.01. The largest absolute Gasteiger partial charge is 0.354 e. The van der Waals surface area contributed by atoms with Gasteiger partial charge >= 0.3 is 0 Å². The minimum Gasteiger partial charge on any atom is -0.354 e. The van der Waals surface area contributed by atoms with Gasteiger partial charge in [0.15, 0.2) is 0 Å². The summed E-state index contributed by atoms with van der Waals surface area (Å²) < 4.78 is 27.0. The van der Waals surface area contributed by atoms with Crippen LogP contribution in [0.3, 0.4) is 0 Å². The highest BCUT2D eigenvalue weighted by Gasteiger charge is 2.26. The fourth-order valence-corrected chi connectivity index (χ4v) is 2.53. The van der Waals surface area contributed by atoms with Crippen molar-refractivity contribution in [1.82, 2.24) is 14.3 Å². The van der Waals surface area contributed by atoms with Crippen molar-refractivity contribution < 1.29 is 13.2 Å². The molecule has 6 nitrogen and oxygen atoms in total. The van der Waals surface area contributed by atoms with Crippen molar-refractivity contribution in [2.24, 2.45) is 5.92 Å². The summed E-state index contributed by atoms with van der Waals surface area (Å²) in [6, 6.07) is 0. The molecule has 2 N–H and O–H groups in total. The van der Waals surface area contributed by atoms with Crippen LogP contribution in [0.25, 0.3) is 0 Å². The standard InChI is InChI=1S/C8H17N3O3S/c1-7(2)5-10-15(13,14)11-4-3-9-8(12)6-11/h7,10H,3-6H2,1-2H3,(H,9,12). The maximum absolute atomic E-state index is 11.7. The minimum absolute atomic E-state index is 0.0899. The summed E-state index contributed by atoms with van der Waals surface area (Å²) in [5.41, 5.74) is 0. The van der Waals surface area contributed by atoms with Gasteiger partial charge in [0.2, 0.25) is 5.91 Å². The molecule has 1 amide bonds. The number of piperazine rings is 1. The normalized spacial score (nSPS) is 19.3. The lowest BCUT2D eigenvalue weighted by Gasteiger charge is -2.26. The van der Waals surface area contributed by atoms with Crippen LogP contribution in [-0.4, -0.2) is 44.8 Å². The number of hydrogen-bond acceptors (Lipinski definition) is 3. The predicted molar refractivity (Wildman–Crippen MR) is 56.3 cm³/mol. The molecular formula is C8H17N3O3S. The van der Waals surface area contributed by atoms with Crippen LogP contribution in [0.4, 0.5) is 0 Å². The van der Waals surface area contributed by atoms with Gasteiger partial charge in [-0.25, -0.2) is 4.72 Å². The van der Waals surface area contributed by atoms with Crippen LogP contribution >= 0.6 is 0 Å². The average molecular weight is 235 g/mol. The SMILES string of the molecule is CC(C)CNS(=O)(=O)N1CCNC(=O)C1. The molecule has 1 aliphatic heterocycles. The van der Waals surface area contributed by atoms with Crippen molar-refractivity contribution >= 4 is 16.1 Å². The summed E-state index contributed by atoms with van der Waals surface area (Å²) in [4.78, 5) is 11.0. The van der Waals surface area contributed by atoms with E-state index < -0.39 is 10.2 Å². The molecule has 1 fully saturated rings. The number of carbonyl (C=O) groups is 1. The van der Waals surface area contributed by atoms with Crippen molar-refractivity contribution in [2.75, 3.05) is 26.2 Å². The molecule has 15 heavy (non-hydrogen) atoms. The summed E-state index contributed by atoms with van der Waals surface area (Å²) >= 11 is 0. The van der Waals surface area contributed by atoms with Crippen molar-refractivity contribution in [3.05, 3.63) is 0 Å². The molecule has 0 saturated carbocycles. The maximum atomic E-state index is 11.7. The van der Waals surface area contributed by atoms with Gasteiger partial charge in [0.1, 0.15) is 0 Å². The fraction of sp³-hybridized carbons (Fsp3) is 0.875. The zero-order valence-electron chi connectivity index (χ0n) is 8.99. The lowest BCUT2D eigenvalue weighted by Crippen LogP contribution is -2.53. The number of hydrogen-bond donors (Lipinski definition) is 2. The molecule has 0 bridgehead atoms. The molecule has 0 aromatic heterocycles. The van der Waals surface area contributed by atoms with Gasteiger partial charge in [-0.05, 0) is 5.92 Å². The zero-order chi connectivity index (χ0) is 11.5. The topological polar surface area (TPSA) is 78.5 Å². The average Bonchev–Trinajstić information content (AvgIpc) is 2.15. The number of nitrogens with one attached hydrogen (secondary N) is 2.